The zero-order valence-electron chi connectivity index (χ0n) is 27.3. The number of esters is 2. The smallest absolute Gasteiger partial charge is 0.408 e. The van der Waals surface area contributed by atoms with Crippen molar-refractivity contribution in [1.29, 1.82) is 0 Å². The summed E-state index contributed by atoms with van der Waals surface area (Å²) in [6, 6.07) is 23.8. The van der Waals surface area contributed by atoms with Crippen molar-refractivity contribution in [2.75, 3.05) is 39.5 Å². The van der Waals surface area contributed by atoms with Crippen molar-refractivity contribution in [2.24, 2.45) is 0 Å². The lowest BCUT2D eigenvalue weighted by molar-refractivity contribution is -0.149. The number of H-pyrrole nitrogens is 1. The molecule has 49 heavy (non-hydrogen) atoms. The van der Waals surface area contributed by atoms with E-state index in [1.807, 2.05) is 91.1 Å². The summed E-state index contributed by atoms with van der Waals surface area (Å²) in [7, 11) is 0. The average molecular weight is 671 g/mol. The van der Waals surface area contributed by atoms with Crippen LogP contribution in [0, 0.1) is 0 Å². The number of nitrogens with one attached hydrogen (secondary N) is 3. The largest absolute Gasteiger partial charge is 0.463 e. The van der Waals surface area contributed by atoms with Gasteiger partial charge in [-0.25, -0.2) is 14.4 Å². The number of amides is 2. The van der Waals surface area contributed by atoms with Gasteiger partial charge in [0.15, 0.2) is 0 Å². The highest BCUT2D eigenvalue weighted by Crippen LogP contribution is 2.20. The van der Waals surface area contributed by atoms with Crippen molar-refractivity contribution in [3.05, 3.63) is 108 Å². The quantitative estimate of drug-likeness (QED) is 0.119. The van der Waals surface area contributed by atoms with E-state index in [0.29, 0.717) is 19.8 Å². The molecule has 0 aliphatic carbocycles. The number of carbonyl (C=O) groups is 4. The number of alkyl carbamates (subject to hydrolysis) is 1. The van der Waals surface area contributed by atoms with E-state index in [0.717, 1.165) is 40.7 Å². The number of aromatic nitrogens is 1. The number of carbonyl (C=O) groups excluding carboxylic acids is 4. The van der Waals surface area contributed by atoms with Crippen LogP contribution >= 0.6 is 0 Å². The van der Waals surface area contributed by atoms with Gasteiger partial charge in [-0.2, -0.15) is 0 Å². The third-order valence-corrected chi connectivity index (χ3v) is 8.15. The van der Waals surface area contributed by atoms with Gasteiger partial charge in [0.1, 0.15) is 31.9 Å². The van der Waals surface area contributed by atoms with Crippen LogP contribution in [-0.2, 0) is 53.0 Å². The predicted octanol–water partition coefficient (Wildman–Crippen LogP) is 3.89. The molecule has 12 heteroatoms. The van der Waals surface area contributed by atoms with E-state index in [2.05, 4.69) is 20.5 Å². The van der Waals surface area contributed by atoms with Crippen molar-refractivity contribution >= 4 is 34.8 Å². The number of benzene rings is 3. The zero-order valence-corrected chi connectivity index (χ0v) is 27.3. The molecule has 2 amide bonds. The first-order chi connectivity index (χ1) is 23.9. The molecule has 3 aromatic carbocycles. The topological polar surface area (TPSA) is 148 Å². The molecule has 0 bridgehead atoms. The van der Waals surface area contributed by atoms with Crippen LogP contribution in [0.5, 0.6) is 0 Å². The molecule has 1 aliphatic rings. The number of fused-ring (bicyclic) bond motifs is 1. The minimum absolute atomic E-state index is 0.00209. The fourth-order valence-electron chi connectivity index (χ4n) is 5.44. The van der Waals surface area contributed by atoms with E-state index in [9.17, 15) is 19.2 Å². The summed E-state index contributed by atoms with van der Waals surface area (Å²) in [4.78, 5) is 57.9. The number of hydrogen-bond donors (Lipinski definition) is 3. The van der Waals surface area contributed by atoms with Crippen LogP contribution in [-0.4, -0.2) is 85.4 Å². The highest BCUT2D eigenvalue weighted by Gasteiger charge is 2.28. The standard InChI is InChI=1S/C37H42N4O8/c42-34(16-15-32(35(43)48-25-27-9-3-1-4-10-27)40-37(45)49-26-28-11-5-2-6-12-28)39-33(23-29-24-38-31-14-8-7-13-30(29)31)36(44)47-22-19-41-17-20-46-21-18-41/h1-14,24,32-33,38H,15-23,25-26H2,(H,39,42)(H,40,45)/t32-,33-/m1/s1. The van der Waals surface area contributed by atoms with E-state index in [1.54, 1.807) is 0 Å². The monoisotopic (exact) mass is 670 g/mol. The number of rotatable bonds is 16. The molecule has 1 aromatic heterocycles. The van der Waals surface area contributed by atoms with Gasteiger partial charge in [0.2, 0.25) is 5.91 Å². The van der Waals surface area contributed by atoms with Crippen LogP contribution in [0.2, 0.25) is 0 Å². The Morgan fingerprint density at radius 3 is 2.10 bits per heavy atom. The Hall–Kier alpha value is -5.20. The Kier molecular flexibility index (Phi) is 13.2. The molecule has 0 unspecified atom stereocenters. The summed E-state index contributed by atoms with van der Waals surface area (Å²) in [6.45, 7) is 3.51. The molecule has 0 radical (unpaired) electrons. The fourth-order valence-corrected chi connectivity index (χ4v) is 5.44. The van der Waals surface area contributed by atoms with Crippen molar-refractivity contribution in [1.82, 2.24) is 20.5 Å². The molecule has 2 atom stereocenters. The van der Waals surface area contributed by atoms with Gasteiger partial charge < -0.3 is 34.6 Å². The minimum atomic E-state index is -1.18. The predicted molar refractivity (Wildman–Crippen MR) is 181 cm³/mol. The van der Waals surface area contributed by atoms with Gasteiger partial charge in [-0.3, -0.25) is 9.69 Å². The lowest BCUT2D eigenvalue weighted by Gasteiger charge is -2.26. The van der Waals surface area contributed by atoms with Crippen molar-refractivity contribution in [3.63, 3.8) is 0 Å². The van der Waals surface area contributed by atoms with Gasteiger partial charge in [-0.05, 0) is 29.2 Å². The molecule has 1 aliphatic heterocycles. The van der Waals surface area contributed by atoms with E-state index >= 15 is 0 Å². The van der Waals surface area contributed by atoms with E-state index in [-0.39, 0.29) is 39.1 Å². The van der Waals surface area contributed by atoms with Gasteiger partial charge in [0.05, 0.1) is 13.2 Å². The third kappa shape index (κ3) is 11.2. The first kappa shape index (κ1) is 35.1. The first-order valence-corrected chi connectivity index (χ1v) is 16.4. The maximum absolute atomic E-state index is 13.3. The Morgan fingerprint density at radius 2 is 1.39 bits per heavy atom. The van der Waals surface area contributed by atoms with Crippen LogP contribution in [0.3, 0.4) is 0 Å². The molecule has 2 heterocycles. The molecule has 1 saturated heterocycles. The van der Waals surface area contributed by atoms with Crippen LogP contribution in [0.1, 0.15) is 29.5 Å². The SMILES string of the molecule is O=C(CC[C@@H](NC(=O)OCc1ccccc1)C(=O)OCc1ccccc1)N[C@H](Cc1c[nH]c2ccccc12)C(=O)OCCN1CCOCC1. The summed E-state index contributed by atoms with van der Waals surface area (Å²) >= 11 is 0. The molecular formula is C37H42N4O8. The summed E-state index contributed by atoms with van der Waals surface area (Å²) in [5, 5.41) is 6.28. The van der Waals surface area contributed by atoms with Gasteiger partial charge in [-0.1, -0.05) is 78.9 Å². The summed E-state index contributed by atoms with van der Waals surface area (Å²) < 4.78 is 21.8. The average Bonchev–Trinajstić information content (AvgIpc) is 3.55. The summed E-state index contributed by atoms with van der Waals surface area (Å²) in [6.07, 6.45) is 0.904. The molecule has 12 nitrogen and oxygen atoms in total. The maximum Gasteiger partial charge on any atom is 0.408 e. The Morgan fingerprint density at radius 1 is 0.755 bits per heavy atom. The molecule has 0 saturated carbocycles. The van der Waals surface area contributed by atoms with Crippen LogP contribution in [0.4, 0.5) is 4.79 Å². The Bertz CT molecular complexity index is 1660. The summed E-state index contributed by atoms with van der Waals surface area (Å²) in [5.74, 6) is -1.77. The number of para-hydroxylation sites is 1. The second-order valence-electron chi connectivity index (χ2n) is 11.7. The summed E-state index contributed by atoms with van der Waals surface area (Å²) in [5.41, 5.74) is 3.30. The van der Waals surface area contributed by atoms with Crippen molar-refractivity contribution < 1.29 is 38.1 Å². The molecule has 3 N–H and O–H groups in total. The maximum atomic E-state index is 13.3. The molecule has 1 fully saturated rings. The van der Waals surface area contributed by atoms with Crippen LogP contribution in [0.25, 0.3) is 10.9 Å². The van der Waals surface area contributed by atoms with Gasteiger partial charge in [0, 0.05) is 49.6 Å². The molecule has 258 valence electrons. The van der Waals surface area contributed by atoms with Gasteiger partial charge in [0.25, 0.3) is 0 Å². The first-order valence-electron chi connectivity index (χ1n) is 16.4. The second-order valence-corrected chi connectivity index (χ2v) is 11.7. The molecule has 5 rings (SSSR count). The van der Waals surface area contributed by atoms with Crippen LogP contribution in [0.15, 0.2) is 91.1 Å². The molecule has 4 aromatic rings. The van der Waals surface area contributed by atoms with Gasteiger partial charge in [-0.15, -0.1) is 0 Å². The Balaban J connectivity index is 1.21. The third-order valence-electron chi connectivity index (χ3n) is 8.15. The normalized spacial score (nSPS) is 14.4. The number of aromatic amines is 1. The minimum Gasteiger partial charge on any atom is -0.463 e. The lowest BCUT2D eigenvalue weighted by atomic mass is 10.0. The van der Waals surface area contributed by atoms with E-state index < -0.39 is 36.0 Å². The number of nitrogens with zero attached hydrogens (tertiary/aromatic N) is 1. The van der Waals surface area contributed by atoms with E-state index in [1.165, 1.54) is 0 Å². The van der Waals surface area contributed by atoms with Crippen molar-refractivity contribution in [3.8, 4) is 0 Å². The number of ether oxygens (including phenoxy) is 4. The highest BCUT2D eigenvalue weighted by atomic mass is 16.6. The zero-order chi connectivity index (χ0) is 34.3. The highest BCUT2D eigenvalue weighted by molar-refractivity contribution is 5.88. The lowest BCUT2D eigenvalue weighted by Crippen LogP contribution is -2.46. The van der Waals surface area contributed by atoms with Gasteiger partial charge >= 0.3 is 18.0 Å². The van der Waals surface area contributed by atoms with E-state index in [4.69, 9.17) is 18.9 Å². The number of morpholine rings is 1. The molecular weight excluding hydrogens is 628 g/mol. The number of hydrogen-bond acceptors (Lipinski definition) is 9. The second kappa shape index (κ2) is 18.4. The van der Waals surface area contributed by atoms with Crippen molar-refractivity contribution in [2.45, 2.75) is 44.6 Å². The molecule has 0 spiro atoms. The Labute approximate surface area is 285 Å². The fraction of sp³-hybridized carbons (Fsp3) is 0.351. The van der Waals surface area contributed by atoms with Crippen LogP contribution < -0.4 is 10.6 Å².